The first-order valence-electron chi connectivity index (χ1n) is 3.24. The molecule has 0 unspecified atom stereocenters. The molecule has 0 saturated carbocycles. The topological polar surface area (TPSA) is 39.2 Å². The Kier molecular flexibility index (Phi) is 2.21. The normalized spacial score (nSPS) is 9.27. The van der Waals surface area contributed by atoms with Crippen LogP contribution in [0.4, 0.5) is 0 Å². The Balaban J connectivity index is 3.11. The second-order valence-corrected chi connectivity index (χ2v) is 2.19. The third-order valence-electron chi connectivity index (χ3n) is 1.30. The smallest absolute Gasteiger partial charge is 0.168 e. The molecule has 58 valence electrons. The number of ether oxygens (including phenoxy) is 1. The van der Waals surface area contributed by atoms with E-state index in [9.17, 15) is 4.79 Å². The molecule has 1 aromatic rings. The molecule has 0 aliphatic rings. The lowest BCUT2D eigenvalue weighted by molar-refractivity contribution is 0.111. The van der Waals surface area contributed by atoms with Gasteiger partial charge in [0.05, 0.1) is 7.11 Å². The van der Waals surface area contributed by atoms with Crippen LogP contribution in [0.25, 0.3) is 0 Å². The molecule has 0 aliphatic heterocycles. The fourth-order valence-corrected chi connectivity index (χ4v) is 0.840. The Morgan fingerprint density at radius 3 is 2.82 bits per heavy atom. The lowest BCUT2D eigenvalue weighted by Gasteiger charge is -2.00. The van der Waals surface area contributed by atoms with Crippen LogP contribution in [-0.2, 0) is 0 Å². The summed E-state index contributed by atoms with van der Waals surface area (Å²) >= 11 is 0. The predicted octanol–water partition coefficient (Wildman–Crippen LogP) is 1.21. The molecule has 0 N–H and O–H groups in total. The van der Waals surface area contributed by atoms with E-state index in [0.29, 0.717) is 17.7 Å². The van der Waals surface area contributed by atoms with Crippen molar-refractivity contribution in [1.82, 2.24) is 4.98 Å². The van der Waals surface area contributed by atoms with E-state index in [1.54, 1.807) is 19.2 Å². The van der Waals surface area contributed by atoms with Crippen LogP contribution >= 0.6 is 0 Å². The summed E-state index contributed by atoms with van der Waals surface area (Å²) in [5, 5.41) is 0. The third kappa shape index (κ3) is 1.77. The molecule has 1 heterocycles. The number of hydrogen-bond acceptors (Lipinski definition) is 3. The van der Waals surface area contributed by atoms with Crippen LogP contribution in [0.3, 0.4) is 0 Å². The number of carbonyl (C=O) groups is 1. The summed E-state index contributed by atoms with van der Waals surface area (Å²) in [4.78, 5) is 14.3. The molecule has 0 bridgehead atoms. The van der Waals surface area contributed by atoms with Gasteiger partial charge < -0.3 is 4.74 Å². The number of hydrogen-bond donors (Lipinski definition) is 0. The number of carbonyl (C=O) groups excluding carboxylic acids is 1. The van der Waals surface area contributed by atoms with Gasteiger partial charge in [-0.05, 0) is 6.92 Å². The number of aromatic nitrogens is 1. The van der Waals surface area contributed by atoms with E-state index < -0.39 is 0 Å². The highest BCUT2D eigenvalue weighted by Gasteiger charge is 1.97. The maximum atomic E-state index is 10.3. The van der Waals surface area contributed by atoms with Crippen LogP contribution in [0.2, 0.25) is 0 Å². The van der Waals surface area contributed by atoms with E-state index in [2.05, 4.69) is 4.98 Å². The summed E-state index contributed by atoms with van der Waals surface area (Å²) < 4.78 is 4.94. The van der Waals surface area contributed by atoms with Gasteiger partial charge in [0.2, 0.25) is 0 Å². The number of aldehydes is 1. The average Bonchev–Trinajstić information content (AvgIpc) is 2.03. The maximum absolute atomic E-state index is 10.3. The largest absolute Gasteiger partial charge is 0.497 e. The second-order valence-electron chi connectivity index (χ2n) is 2.19. The SMILES string of the molecule is COc1cc(C)nc(C=O)c1. The Bertz CT molecular complexity index is 271. The van der Waals surface area contributed by atoms with E-state index >= 15 is 0 Å². The van der Waals surface area contributed by atoms with Crippen LogP contribution in [0, 0.1) is 6.92 Å². The standard InChI is InChI=1S/C8H9NO2/c1-6-3-8(11-2)4-7(5-10)9-6/h3-5H,1-2H3. The van der Waals surface area contributed by atoms with Gasteiger partial charge in [-0.3, -0.25) is 9.78 Å². The lowest BCUT2D eigenvalue weighted by atomic mass is 10.3. The molecule has 0 spiro atoms. The molecule has 11 heavy (non-hydrogen) atoms. The summed E-state index contributed by atoms with van der Waals surface area (Å²) in [7, 11) is 1.56. The highest BCUT2D eigenvalue weighted by Crippen LogP contribution is 2.11. The van der Waals surface area contributed by atoms with E-state index in [4.69, 9.17) is 4.74 Å². The minimum Gasteiger partial charge on any atom is -0.497 e. The van der Waals surface area contributed by atoms with Crippen molar-refractivity contribution in [3.05, 3.63) is 23.5 Å². The van der Waals surface area contributed by atoms with Gasteiger partial charge in [-0.2, -0.15) is 0 Å². The molecule has 0 saturated heterocycles. The molecule has 1 rings (SSSR count). The van der Waals surface area contributed by atoms with E-state index in [0.717, 1.165) is 5.69 Å². The van der Waals surface area contributed by atoms with Crippen molar-refractivity contribution in [3.8, 4) is 5.75 Å². The van der Waals surface area contributed by atoms with Gasteiger partial charge in [0.15, 0.2) is 6.29 Å². The predicted molar refractivity (Wildman–Crippen MR) is 40.9 cm³/mol. The summed E-state index contributed by atoms with van der Waals surface area (Å²) in [6.45, 7) is 1.82. The minimum atomic E-state index is 0.404. The van der Waals surface area contributed by atoms with E-state index in [1.165, 1.54) is 0 Å². The molecule has 3 nitrogen and oxygen atoms in total. The number of pyridine rings is 1. The zero-order valence-corrected chi connectivity index (χ0v) is 6.50. The quantitative estimate of drug-likeness (QED) is 0.596. The summed E-state index contributed by atoms with van der Waals surface area (Å²) in [5.74, 6) is 0.666. The molecule has 0 amide bonds. The molecule has 0 radical (unpaired) electrons. The van der Waals surface area contributed by atoms with E-state index in [-0.39, 0.29) is 0 Å². The Hall–Kier alpha value is -1.38. The molecule has 3 heteroatoms. The first kappa shape index (κ1) is 7.72. The van der Waals surface area contributed by atoms with Gasteiger partial charge in [-0.15, -0.1) is 0 Å². The van der Waals surface area contributed by atoms with Crippen molar-refractivity contribution in [2.24, 2.45) is 0 Å². The van der Waals surface area contributed by atoms with Crippen LogP contribution in [0.1, 0.15) is 16.2 Å². The number of nitrogens with zero attached hydrogens (tertiary/aromatic N) is 1. The van der Waals surface area contributed by atoms with Crippen molar-refractivity contribution >= 4 is 6.29 Å². The highest BCUT2D eigenvalue weighted by molar-refractivity contribution is 5.72. The fourth-order valence-electron chi connectivity index (χ4n) is 0.840. The van der Waals surface area contributed by atoms with Gasteiger partial charge >= 0.3 is 0 Å². The van der Waals surface area contributed by atoms with E-state index in [1.807, 2.05) is 6.92 Å². The second kappa shape index (κ2) is 3.14. The molecule has 1 aromatic heterocycles. The monoisotopic (exact) mass is 151 g/mol. The van der Waals surface area contributed by atoms with Crippen LogP contribution in [0.5, 0.6) is 5.75 Å². The molecule has 0 fully saturated rings. The van der Waals surface area contributed by atoms with Crippen molar-refractivity contribution < 1.29 is 9.53 Å². The summed E-state index contributed by atoms with van der Waals surface area (Å²) in [5.41, 5.74) is 1.19. The highest BCUT2D eigenvalue weighted by atomic mass is 16.5. The summed E-state index contributed by atoms with van der Waals surface area (Å²) in [6, 6.07) is 3.37. The third-order valence-corrected chi connectivity index (χ3v) is 1.30. The Morgan fingerprint density at radius 2 is 2.27 bits per heavy atom. The molecular weight excluding hydrogens is 142 g/mol. The Morgan fingerprint density at radius 1 is 1.55 bits per heavy atom. The van der Waals surface area contributed by atoms with Crippen molar-refractivity contribution in [2.75, 3.05) is 7.11 Å². The number of rotatable bonds is 2. The fraction of sp³-hybridized carbons (Fsp3) is 0.250. The maximum Gasteiger partial charge on any atom is 0.168 e. The molecule has 0 atom stereocenters. The first-order chi connectivity index (χ1) is 5.26. The van der Waals surface area contributed by atoms with Gasteiger partial charge in [-0.1, -0.05) is 0 Å². The number of methoxy groups -OCH3 is 1. The average molecular weight is 151 g/mol. The minimum absolute atomic E-state index is 0.404. The van der Waals surface area contributed by atoms with Gasteiger partial charge in [0.1, 0.15) is 11.4 Å². The summed E-state index contributed by atoms with van der Waals surface area (Å²) in [6.07, 6.45) is 0.704. The van der Waals surface area contributed by atoms with Crippen LogP contribution in [-0.4, -0.2) is 18.4 Å². The lowest BCUT2D eigenvalue weighted by Crippen LogP contribution is -1.92. The van der Waals surface area contributed by atoms with Crippen molar-refractivity contribution in [3.63, 3.8) is 0 Å². The van der Waals surface area contributed by atoms with Gasteiger partial charge in [0, 0.05) is 17.8 Å². The van der Waals surface area contributed by atoms with Gasteiger partial charge in [-0.25, -0.2) is 0 Å². The zero-order valence-electron chi connectivity index (χ0n) is 6.50. The first-order valence-corrected chi connectivity index (χ1v) is 3.24. The van der Waals surface area contributed by atoms with Crippen LogP contribution in [0.15, 0.2) is 12.1 Å². The van der Waals surface area contributed by atoms with Crippen molar-refractivity contribution in [1.29, 1.82) is 0 Å². The zero-order chi connectivity index (χ0) is 8.27. The Labute approximate surface area is 65.0 Å². The van der Waals surface area contributed by atoms with Crippen molar-refractivity contribution in [2.45, 2.75) is 6.92 Å². The van der Waals surface area contributed by atoms with Crippen LogP contribution < -0.4 is 4.74 Å². The molecular formula is C8H9NO2. The molecule has 0 aliphatic carbocycles. The number of aryl methyl sites for hydroxylation is 1. The molecule has 0 aromatic carbocycles. The van der Waals surface area contributed by atoms with Gasteiger partial charge in [0.25, 0.3) is 0 Å².